The number of rotatable bonds is 13. The van der Waals surface area contributed by atoms with Gasteiger partial charge in [-0.05, 0) is 52.5 Å². The molecule has 1 aliphatic rings. The van der Waals surface area contributed by atoms with Gasteiger partial charge < -0.3 is 25.3 Å². The van der Waals surface area contributed by atoms with Gasteiger partial charge in [0, 0.05) is 41.0 Å². The zero-order chi connectivity index (χ0) is 30.1. The number of pyridine rings is 1. The van der Waals surface area contributed by atoms with Gasteiger partial charge in [-0.3, -0.25) is 14.9 Å². The van der Waals surface area contributed by atoms with Gasteiger partial charge in [-0.25, -0.2) is 19.0 Å². The number of urea groups is 1. The number of aromatic nitrogens is 1. The van der Waals surface area contributed by atoms with Gasteiger partial charge in [-0.15, -0.1) is 0 Å². The van der Waals surface area contributed by atoms with E-state index in [0.29, 0.717) is 12.2 Å². The second-order valence-electron chi connectivity index (χ2n) is 9.66. The van der Waals surface area contributed by atoms with Crippen molar-refractivity contribution in [3.05, 3.63) is 51.9 Å². The summed E-state index contributed by atoms with van der Waals surface area (Å²) in [6, 6.07) is 3.96. The Morgan fingerprint density at radius 1 is 1.15 bits per heavy atom. The third kappa shape index (κ3) is 8.95. The van der Waals surface area contributed by atoms with Gasteiger partial charge in [-0.1, -0.05) is 27.2 Å². The van der Waals surface area contributed by atoms with Crippen LogP contribution in [0.25, 0.3) is 0 Å². The molecular formula is C28H34BrFN4O7. The molecule has 4 atom stereocenters. The van der Waals surface area contributed by atoms with Crippen molar-refractivity contribution in [3.63, 3.8) is 0 Å². The Bertz CT molecular complexity index is 1260. The van der Waals surface area contributed by atoms with Crippen LogP contribution in [-0.2, 0) is 14.3 Å². The molecule has 2 aromatic rings. The molecular weight excluding hydrogens is 603 g/mol. The third-order valence-electron chi connectivity index (χ3n) is 6.68. The lowest BCUT2D eigenvalue weighted by molar-refractivity contribution is -0.146. The Hall–Kier alpha value is -3.58. The lowest BCUT2D eigenvalue weighted by Crippen LogP contribution is -2.38. The number of Topliss-reactive ketones (excluding diaryl/α,β-unsaturated/α-hetero) is 1. The van der Waals surface area contributed by atoms with Crippen LogP contribution in [0.4, 0.5) is 19.8 Å². The second kappa shape index (κ2) is 14.9. The van der Waals surface area contributed by atoms with E-state index >= 15 is 4.39 Å². The first-order chi connectivity index (χ1) is 19.5. The standard InChI is InChI=1S/C28H34BrFN4O7/c1-4-15(3)24(31)26(36)39-11-6-12-40-28(38)41-25-17(21(35)5-2)8-9-19(30)23(25)18-13-20(18)33-27(37)34-22-10-7-16(29)14-32-22/h7-10,14-15,18,20,24H,4-6,11-13,31H2,1-3H3,(H2,32,33,34,37)/t15-,18?,20?,24-/m0/s1. The van der Waals surface area contributed by atoms with Gasteiger partial charge in [0.05, 0.1) is 18.8 Å². The van der Waals surface area contributed by atoms with E-state index < -0.39 is 42.0 Å². The summed E-state index contributed by atoms with van der Waals surface area (Å²) in [5.41, 5.74) is 5.86. The van der Waals surface area contributed by atoms with E-state index in [0.717, 1.165) is 17.0 Å². The van der Waals surface area contributed by atoms with Crippen LogP contribution in [0.2, 0.25) is 0 Å². The lowest BCUT2D eigenvalue weighted by atomic mass is 10.00. The van der Waals surface area contributed by atoms with Crippen molar-refractivity contribution in [3.8, 4) is 5.75 Å². The molecule has 1 heterocycles. The summed E-state index contributed by atoms with van der Waals surface area (Å²) >= 11 is 3.27. The quantitative estimate of drug-likeness (QED) is 0.118. The molecule has 222 valence electrons. The molecule has 2 unspecified atom stereocenters. The van der Waals surface area contributed by atoms with Crippen molar-refractivity contribution in [2.75, 3.05) is 18.5 Å². The number of amides is 2. The minimum Gasteiger partial charge on any atom is -0.464 e. The van der Waals surface area contributed by atoms with Crippen molar-refractivity contribution in [2.24, 2.45) is 11.7 Å². The number of nitrogens with one attached hydrogen (secondary N) is 2. The van der Waals surface area contributed by atoms with Gasteiger partial charge >= 0.3 is 18.2 Å². The van der Waals surface area contributed by atoms with Gasteiger partial charge in [0.1, 0.15) is 17.7 Å². The number of esters is 1. The van der Waals surface area contributed by atoms with E-state index in [1.54, 1.807) is 19.1 Å². The van der Waals surface area contributed by atoms with Crippen LogP contribution in [0.5, 0.6) is 5.75 Å². The molecule has 1 aliphatic carbocycles. The van der Waals surface area contributed by atoms with Gasteiger partial charge in [0.15, 0.2) is 11.5 Å². The molecule has 1 aromatic heterocycles. The molecule has 11 nitrogen and oxygen atoms in total. The Morgan fingerprint density at radius 3 is 2.54 bits per heavy atom. The molecule has 0 bridgehead atoms. The Kier molecular flexibility index (Phi) is 11.6. The van der Waals surface area contributed by atoms with E-state index in [1.165, 1.54) is 12.3 Å². The normalized spacial score (nSPS) is 17.1. The summed E-state index contributed by atoms with van der Waals surface area (Å²) in [6.45, 7) is 5.22. The highest BCUT2D eigenvalue weighted by molar-refractivity contribution is 9.10. The number of anilines is 1. The molecule has 0 saturated heterocycles. The van der Waals surface area contributed by atoms with Crippen LogP contribution in [0.15, 0.2) is 34.9 Å². The average Bonchev–Trinajstić information content (AvgIpc) is 3.70. The SMILES string of the molecule is CCC(=O)c1ccc(F)c(C2CC2NC(=O)Nc2ccc(Br)cn2)c1OC(=O)OCCCOC(=O)[C@@H](N)[C@@H](C)CC. The van der Waals surface area contributed by atoms with Crippen LogP contribution >= 0.6 is 15.9 Å². The van der Waals surface area contributed by atoms with E-state index in [-0.39, 0.29) is 54.6 Å². The van der Waals surface area contributed by atoms with Crippen LogP contribution in [0, 0.1) is 11.7 Å². The maximum atomic E-state index is 15.1. The molecule has 0 spiro atoms. The topological polar surface area (TPSA) is 159 Å². The number of carbonyl (C=O) groups excluding carboxylic acids is 4. The van der Waals surface area contributed by atoms with Crippen molar-refractivity contribution in [1.82, 2.24) is 10.3 Å². The lowest BCUT2D eigenvalue weighted by Gasteiger charge is -2.17. The third-order valence-corrected chi connectivity index (χ3v) is 7.15. The van der Waals surface area contributed by atoms with Crippen molar-refractivity contribution >= 4 is 45.7 Å². The highest BCUT2D eigenvalue weighted by Crippen LogP contribution is 2.47. The van der Waals surface area contributed by atoms with Crippen LogP contribution in [0.1, 0.15) is 68.3 Å². The maximum Gasteiger partial charge on any atom is 0.513 e. The minimum atomic E-state index is -1.14. The Morgan fingerprint density at radius 2 is 1.88 bits per heavy atom. The highest BCUT2D eigenvalue weighted by atomic mass is 79.9. The number of ether oxygens (including phenoxy) is 3. The molecule has 13 heteroatoms. The number of carbonyl (C=O) groups is 4. The summed E-state index contributed by atoms with van der Waals surface area (Å²) in [4.78, 5) is 53.6. The fourth-order valence-electron chi connectivity index (χ4n) is 3.97. The monoisotopic (exact) mass is 636 g/mol. The number of hydrogen-bond acceptors (Lipinski definition) is 9. The number of nitrogens with two attached hydrogens (primary N) is 1. The highest BCUT2D eigenvalue weighted by Gasteiger charge is 2.44. The summed E-state index contributed by atoms with van der Waals surface area (Å²) in [5.74, 6) is -2.07. The molecule has 4 N–H and O–H groups in total. The van der Waals surface area contributed by atoms with Crippen LogP contribution in [0.3, 0.4) is 0 Å². The molecule has 0 radical (unpaired) electrons. The van der Waals surface area contributed by atoms with Gasteiger partial charge in [0.25, 0.3) is 0 Å². The number of halogens is 2. The molecule has 1 aromatic carbocycles. The predicted octanol–water partition coefficient (Wildman–Crippen LogP) is 5.08. The molecule has 41 heavy (non-hydrogen) atoms. The van der Waals surface area contributed by atoms with Crippen molar-refractivity contribution in [1.29, 1.82) is 0 Å². The summed E-state index contributed by atoms with van der Waals surface area (Å²) < 4.78 is 31.4. The number of nitrogens with zero attached hydrogens (tertiary/aromatic N) is 1. The van der Waals surface area contributed by atoms with Gasteiger partial charge in [-0.2, -0.15) is 0 Å². The Balaban J connectivity index is 1.61. The van der Waals surface area contributed by atoms with E-state index in [9.17, 15) is 19.2 Å². The van der Waals surface area contributed by atoms with Gasteiger partial charge in [0.2, 0.25) is 0 Å². The Labute approximate surface area is 245 Å². The summed E-state index contributed by atoms with van der Waals surface area (Å²) in [6.07, 6.45) is 1.74. The van der Waals surface area contributed by atoms with Crippen molar-refractivity contribution < 1.29 is 37.8 Å². The first-order valence-corrected chi connectivity index (χ1v) is 14.2. The van der Waals surface area contributed by atoms with E-state index in [2.05, 4.69) is 31.5 Å². The maximum absolute atomic E-state index is 15.1. The number of benzene rings is 1. The first-order valence-electron chi connectivity index (χ1n) is 13.4. The molecule has 3 rings (SSSR count). The molecule has 1 fully saturated rings. The zero-order valence-electron chi connectivity index (χ0n) is 23.1. The fraction of sp³-hybridized carbons (Fsp3) is 0.464. The average molecular weight is 638 g/mol. The molecule has 1 saturated carbocycles. The predicted molar refractivity (Wildman–Crippen MR) is 151 cm³/mol. The smallest absolute Gasteiger partial charge is 0.464 e. The zero-order valence-corrected chi connectivity index (χ0v) is 24.7. The van der Waals surface area contributed by atoms with Crippen molar-refractivity contribution in [2.45, 2.75) is 64.5 Å². The largest absolute Gasteiger partial charge is 0.513 e. The molecule has 0 aliphatic heterocycles. The van der Waals surface area contributed by atoms with Crippen LogP contribution in [-0.4, -0.2) is 54.2 Å². The number of hydrogen-bond donors (Lipinski definition) is 3. The van der Waals surface area contributed by atoms with Crippen LogP contribution < -0.4 is 21.1 Å². The number of ketones is 1. The van der Waals surface area contributed by atoms with E-state index in [4.69, 9.17) is 19.9 Å². The summed E-state index contributed by atoms with van der Waals surface area (Å²) in [7, 11) is 0. The summed E-state index contributed by atoms with van der Waals surface area (Å²) in [5, 5.41) is 5.33. The first kappa shape index (κ1) is 31.9. The minimum absolute atomic E-state index is 0.00118. The molecule has 2 amide bonds. The second-order valence-corrected chi connectivity index (χ2v) is 10.6. The van der Waals surface area contributed by atoms with E-state index in [1.807, 2.05) is 13.8 Å². The fourth-order valence-corrected chi connectivity index (χ4v) is 4.20.